The maximum absolute atomic E-state index is 10.3. The van der Waals surface area contributed by atoms with Crippen LogP contribution in [-0.2, 0) is 13.1 Å². The molecule has 154 valence electrons. The van der Waals surface area contributed by atoms with Gasteiger partial charge in [-0.05, 0) is 43.3 Å². The lowest BCUT2D eigenvalue weighted by Gasteiger charge is -2.20. The molecule has 0 saturated heterocycles. The Morgan fingerprint density at radius 2 is 1.82 bits per heavy atom. The average Bonchev–Trinajstić information content (AvgIpc) is 3.15. The van der Waals surface area contributed by atoms with Crippen LogP contribution >= 0.6 is 22.9 Å². The lowest BCUT2D eigenvalue weighted by molar-refractivity contribution is 0.184. The highest BCUT2D eigenvalue weighted by Gasteiger charge is 2.11. The Balaban J connectivity index is 2.02. The van der Waals surface area contributed by atoms with E-state index in [2.05, 4.69) is 53.6 Å². The molecule has 0 aliphatic heterocycles. The molecule has 1 atom stereocenters. The van der Waals surface area contributed by atoms with Crippen molar-refractivity contribution < 1.29 is 5.11 Å². The molecule has 28 heavy (non-hydrogen) atoms. The topological polar surface area (TPSA) is 59.9 Å². The fourth-order valence-corrected chi connectivity index (χ4v) is 3.91. The second-order valence-corrected chi connectivity index (χ2v) is 8.21. The number of hydrogen-bond acceptors (Lipinski definition) is 4. The fourth-order valence-electron chi connectivity index (χ4n) is 2.86. The van der Waals surface area contributed by atoms with Gasteiger partial charge in [0.15, 0.2) is 5.96 Å². The highest BCUT2D eigenvalue weighted by molar-refractivity contribution is 7.16. The van der Waals surface area contributed by atoms with Gasteiger partial charge in [-0.15, -0.1) is 11.3 Å². The van der Waals surface area contributed by atoms with E-state index in [0.717, 1.165) is 31.1 Å². The van der Waals surface area contributed by atoms with Crippen molar-refractivity contribution in [2.75, 3.05) is 26.2 Å². The molecule has 0 fully saturated rings. The van der Waals surface area contributed by atoms with E-state index in [1.165, 1.54) is 22.5 Å². The number of aliphatic hydroxyl groups is 1. The summed E-state index contributed by atoms with van der Waals surface area (Å²) in [5, 5.41) is 16.8. The number of hydrogen-bond donors (Lipinski definition) is 3. The Bertz CT molecular complexity index is 746. The number of thiophene rings is 1. The zero-order valence-corrected chi connectivity index (χ0v) is 18.5. The normalized spacial score (nSPS) is 13.0. The van der Waals surface area contributed by atoms with Crippen LogP contribution in [0.3, 0.4) is 0 Å². The third kappa shape index (κ3) is 7.09. The number of halogens is 1. The summed E-state index contributed by atoms with van der Waals surface area (Å²) in [6, 6.07) is 12.1. The van der Waals surface area contributed by atoms with Gasteiger partial charge in [0.1, 0.15) is 6.10 Å². The zero-order valence-electron chi connectivity index (χ0n) is 16.9. The SMILES string of the molecule is CCNC(=NCc1ccccc1CN(CC)CC)NCC(O)c1ccc(Cl)s1. The summed E-state index contributed by atoms with van der Waals surface area (Å²) in [6.07, 6.45) is -0.615. The van der Waals surface area contributed by atoms with Crippen LogP contribution in [0.15, 0.2) is 41.4 Å². The minimum absolute atomic E-state index is 0.379. The number of aliphatic hydroxyl groups excluding tert-OH is 1. The zero-order chi connectivity index (χ0) is 20.4. The Kier molecular flexibility index (Phi) is 9.78. The average molecular weight is 423 g/mol. The Labute approximate surface area is 177 Å². The third-order valence-electron chi connectivity index (χ3n) is 4.54. The molecule has 7 heteroatoms. The molecular formula is C21H31ClN4OS. The van der Waals surface area contributed by atoms with Crippen LogP contribution in [0.5, 0.6) is 0 Å². The molecule has 0 aliphatic carbocycles. The summed E-state index contributed by atoms with van der Waals surface area (Å²) in [4.78, 5) is 7.96. The molecule has 0 bridgehead atoms. The van der Waals surface area contributed by atoms with Crippen LogP contribution in [0.4, 0.5) is 0 Å². The van der Waals surface area contributed by atoms with Gasteiger partial charge in [0, 0.05) is 24.5 Å². The van der Waals surface area contributed by atoms with Crippen LogP contribution in [0, 0.1) is 0 Å². The van der Waals surface area contributed by atoms with E-state index < -0.39 is 6.10 Å². The maximum Gasteiger partial charge on any atom is 0.191 e. The lowest BCUT2D eigenvalue weighted by Crippen LogP contribution is -2.39. The molecule has 1 aromatic carbocycles. The highest BCUT2D eigenvalue weighted by atomic mass is 35.5. The summed E-state index contributed by atoms with van der Waals surface area (Å²) in [5.41, 5.74) is 2.52. The van der Waals surface area contributed by atoms with Gasteiger partial charge in [-0.25, -0.2) is 4.99 Å². The van der Waals surface area contributed by atoms with Crippen LogP contribution in [0.25, 0.3) is 0 Å². The number of nitrogens with zero attached hydrogens (tertiary/aromatic N) is 2. The lowest BCUT2D eigenvalue weighted by atomic mass is 10.1. The number of benzene rings is 1. The molecule has 0 saturated carbocycles. The molecule has 1 heterocycles. The Hall–Kier alpha value is -1.60. The first-order valence-corrected chi connectivity index (χ1v) is 11.0. The third-order valence-corrected chi connectivity index (χ3v) is 5.88. The van der Waals surface area contributed by atoms with Crippen molar-refractivity contribution in [3.05, 3.63) is 56.7 Å². The summed E-state index contributed by atoms with van der Waals surface area (Å²) in [7, 11) is 0. The van der Waals surface area contributed by atoms with Gasteiger partial charge >= 0.3 is 0 Å². The van der Waals surface area contributed by atoms with Gasteiger partial charge in [0.25, 0.3) is 0 Å². The monoisotopic (exact) mass is 422 g/mol. The smallest absolute Gasteiger partial charge is 0.191 e. The van der Waals surface area contributed by atoms with Crippen molar-refractivity contribution in [2.24, 2.45) is 4.99 Å². The van der Waals surface area contributed by atoms with Crippen LogP contribution in [0.2, 0.25) is 4.34 Å². The Morgan fingerprint density at radius 1 is 1.11 bits per heavy atom. The van der Waals surface area contributed by atoms with Gasteiger partial charge in [0.2, 0.25) is 0 Å². The molecule has 3 N–H and O–H groups in total. The van der Waals surface area contributed by atoms with E-state index in [9.17, 15) is 5.11 Å². The van der Waals surface area contributed by atoms with Crippen LogP contribution in [-0.4, -0.2) is 42.1 Å². The minimum Gasteiger partial charge on any atom is -0.386 e. The van der Waals surface area contributed by atoms with Crippen molar-refractivity contribution in [3.8, 4) is 0 Å². The molecular weight excluding hydrogens is 392 g/mol. The molecule has 1 aromatic heterocycles. The van der Waals surface area contributed by atoms with Crippen molar-refractivity contribution in [3.63, 3.8) is 0 Å². The summed E-state index contributed by atoms with van der Waals surface area (Å²) >= 11 is 7.35. The number of nitrogens with one attached hydrogen (secondary N) is 2. The second kappa shape index (κ2) is 12.1. The number of guanidine groups is 1. The summed E-state index contributed by atoms with van der Waals surface area (Å²) < 4.78 is 0.680. The molecule has 0 amide bonds. The van der Waals surface area contributed by atoms with Crippen molar-refractivity contribution in [1.82, 2.24) is 15.5 Å². The van der Waals surface area contributed by atoms with Gasteiger partial charge in [-0.1, -0.05) is 49.7 Å². The van der Waals surface area contributed by atoms with Gasteiger partial charge < -0.3 is 15.7 Å². The van der Waals surface area contributed by atoms with Crippen LogP contribution < -0.4 is 10.6 Å². The van der Waals surface area contributed by atoms with Crippen molar-refractivity contribution in [2.45, 2.75) is 40.0 Å². The molecule has 1 unspecified atom stereocenters. The maximum atomic E-state index is 10.3. The Morgan fingerprint density at radius 3 is 2.43 bits per heavy atom. The van der Waals surface area contributed by atoms with Gasteiger partial charge in [-0.2, -0.15) is 0 Å². The minimum atomic E-state index is -0.615. The van der Waals surface area contributed by atoms with E-state index in [4.69, 9.17) is 16.6 Å². The first-order chi connectivity index (χ1) is 13.6. The molecule has 2 aromatic rings. The molecule has 0 radical (unpaired) electrons. The van der Waals surface area contributed by atoms with E-state index in [1.54, 1.807) is 6.07 Å². The predicted molar refractivity (Wildman–Crippen MR) is 120 cm³/mol. The predicted octanol–water partition coefficient (Wildman–Crippen LogP) is 4.03. The summed E-state index contributed by atoms with van der Waals surface area (Å²) in [6.45, 7) is 11.1. The van der Waals surface area contributed by atoms with E-state index in [1.807, 2.05) is 13.0 Å². The molecule has 0 spiro atoms. The second-order valence-electron chi connectivity index (χ2n) is 6.46. The quantitative estimate of drug-likeness (QED) is 0.399. The van der Waals surface area contributed by atoms with Gasteiger partial charge in [0.05, 0.1) is 10.9 Å². The van der Waals surface area contributed by atoms with E-state index in [0.29, 0.717) is 23.4 Å². The largest absolute Gasteiger partial charge is 0.386 e. The number of rotatable bonds is 10. The molecule has 2 rings (SSSR count). The first kappa shape index (κ1) is 22.7. The molecule has 5 nitrogen and oxygen atoms in total. The van der Waals surface area contributed by atoms with Crippen molar-refractivity contribution >= 4 is 28.9 Å². The standard InChI is InChI=1S/C21H31ClN4OS/c1-4-23-21(25-14-18(27)19-11-12-20(22)28-19)24-13-16-9-7-8-10-17(16)15-26(5-2)6-3/h7-12,18,27H,4-6,13-15H2,1-3H3,(H2,23,24,25). The van der Waals surface area contributed by atoms with Gasteiger partial charge in [-0.3, -0.25) is 4.90 Å². The van der Waals surface area contributed by atoms with E-state index in [-0.39, 0.29) is 0 Å². The van der Waals surface area contributed by atoms with Crippen molar-refractivity contribution in [1.29, 1.82) is 0 Å². The highest BCUT2D eigenvalue weighted by Crippen LogP contribution is 2.26. The first-order valence-electron chi connectivity index (χ1n) is 9.81. The van der Waals surface area contributed by atoms with Crippen LogP contribution in [0.1, 0.15) is 42.9 Å². The number of aliphatic imine (C=N–C) groups is 1. The fraction of sp³-hybridized carbons (Fsp3) is 0.476. The summed E-state index contributed by atoms with van der Waals surface area (Å²) in [5.74, 6) is 0.696. The van der Waals surface area contributed by atoms with E-state index >= 15 is 0 Å². The molecule has 0 aliphatic rings.